The van der Waals surface area contributed by atoms with Crippen molar-refractivity contribution in [2.45, 2.75) is 52.4 Å². The summed E-state index contributed by atoms with van der Waals surface area (Å²) in [5.41, 5.74) is 5.13. The van der Waals surface area contributed by atoms with E-state index in [2.05, 4.69) is 84.6 Å². The van der Waals surface area contributed by atoms with Gasteiger partial charge in [-0.3, -0.25) is 10.2 Å². The number of rotatable bonds is 8. The van der Waals surface area contributed by atoms with Crippen LogP contribution in [0.4, 0.5) is 0 Å². The fraction of sp³-hybridized carbons (Fsp3) is 0.417. The van der Waals surface area contributed by atoms with Gasteiger partial charge in [0.1, 0.15) is 0 Å². The minimum Gasteiger partial charge on any atom is -0.365 e. The third-order valence-electron chi connectivity index (χ3n) is 5.28. The highest BCUT2D eigenvalue weighted by Crippen LogP contribution is 2.23. The van der Waals surface area contributed by atoms with E-state index in [0.717, 1.165) is 25.0 Å². The van der Waals surface area contributed by atoms with Crippen molar-refractivity contribution in [3.05, 3.63) is 71.4 Å². The van der Waals surface area contributed by atoms with Crippen molar-refractivity contribution >= 4 is 10.9 Å². The number of benzene rings is 2. The average Bonchev–Trinajstić information content (AvgIpc) is 3.08. The number of hydrogen-bond donors (Lipinski definition) is 3. The van der Waals surface area contributed by atoms with Crippen molar-refractivity contribution in [1.29, 1.82) is 0 Å². The fourth-order valence-corrected chi connectivity index (χ4v) is 3.55. The first-order chi connectivity index (χ1) is 13.4. The summed E-state index contributed by atoms with van der Waals surface area (Å²) in [6.45, 7) is 10.9. The van der Waals surface area contributed by atoms with E-state index in [9.17, 15) is 5.11 Å². The van der Waals surface area contributed by atoms with Crippen molar-refractivity contribution in [2.75, 3.05) is 13.1 Å². The van der Waals surface area contributed by atoms with E-state index >= 15 is 0 Å². The van der Waals surface area contributed by atoms with Crippen LogP contribution in [0.5, 0.6) is 0 Å². The molecule has 0 fully saturated rings. The van der Waals surface area contributed by atoms with Crippen LogP contribution in [0.2, 0.25) is 0 Å². The lowest BCUT2D eigenvalue weighted by atomic mass is 9.87. The van der Waals surface area contributed by atoms with E-state index in [0.29, 0.717) is 6.54 Å². The number of aliphatic hydroxyl groups excluding tert-OH is 1. The van der Waals surface area contributed by atoms with Crippen LogP contribution in [0, 0.1) is 0 Å². The Labute approximate surface area is 168 Å². The molecule has 0 aliphatic carbocycles. The van der Waals surface area contributed by atoms with Gasteiger partial charge < -0.3 is 10.1 Å². The number of aromatic amines is 1. The predicted octanol–water partition coefficient (Wildman–Crippen LogP) is 4.40. The number of aromatic nitrogens is 1. The molecule has 0 aliphatic heterocycles. The Morgan fingerprint density at radius 2 is 1.79 bits per heavy atom. The highest BCUT2D eigenvalue weighted by atomic mass is 16.3. The van der Waals surface area contributed by atoms with Crippen molar-refractivity contribution < 1.29 is 5.11 Å². The maximum absolute atomic E-state index is 10.6. The Hall–Kier alpha value is -2.14. The molecule has 0 saturated heterocycles. The second-order valence-electron chi connectivity index (χ2n) is 8.46. The number of nitrogens with zero attached hydrogens (tertiary/aromatic N) is 1. The minimum absolute atomic E-state index is 0.150. The molecule has 0 radical (unpaired) electrons. The molecule has 4 heteroatoms. The van der Waals surface area contributed by atoms with Gasteiger partial charge in [-0.05, 0) is 41.1 Å². The van der Waals surface area contributed by atoms with E-state index < -0.39 is 6.35 Å². The molecule has 0 saturated carbocycles. The molecule has 3 aromatic rings. The SMILES string of the molecule is CCNC(O)N(CCc1c[nH]c2ccccc12)Cc1ccc(C(C)(C)C)cc1. The van der Waals surface area contributed by atoms with Crippen LogP contribution < -0.4 is 5.32 Å². The summed E-state index contributed by atoms with van der Waals surface area (Å²) in [4.78, 5) is 5.43. The number of fused-ring (bicyclic) bond motifs is 1. The van der Waals surface area contributed by atoms with Crippen molar-refractivity contribution in [3.8, 4) is 0 Å². The van der Waals surface area contributed by atoms with E-state index in [1.54, 1.807) is 0 Å². The van der Waals surface area contributed by atoms with Crippen LogP contribution in [0.25, 0.3) is 10.9 Å². The van der Waals surface area contributed by atoms with E-state index in [-0.39, 0.29) is 5.41 Å². The molecular formula is C24H33N3O. The van der Waals surface area contributed by atoms with Gasteiger partial charge in [0.2, 0.25) is 0 Å². The van der Waals surface area contributed by atoms with Crippen LogP contribution in [0.3, 0.4) is 0 Å². The normalized spacial score (nSPS) is 13.4. The van der Waals surface area contributed by atoms with E-state index in [4.69, 9.17) is 0 Å². The predicted molar refractivity (Wildman–Crippen MR) is 117 cm³/mol. The van der Waals surface area contributed by atoms with Gasteiger partial charge in [-0.2, -0.15) is 0 Å². The topological polar surface area (TPSA) is 51.3 Å². The molecular weight excluding hydrogens is 346 g/mol. The second-order valence-corrected chi connectivity index (χ2v) is 8.46. The summed E-state index contributed by atoms with van der Waals surface area (Å²) in [5, 5.41) is 15.0. The highest BCUT2D eigenvalue weighted by molar-refractivity contribution is 5.83. The largest absolute Gasteiger partial charge is 0.365 e. The summed E-state index contributed by atoms with van der Waals surface area (Å²) < 4.78 is 0. The molecule has 4 nitrogen and oxygen atoms in total. The van der Waals surface area contributed by atoms with Crippen molar-refractivity contribution in [3.63, 3.8) is 0 Å². The first kappa shape index (κ1) is 20.6. The molecule has 1 atom stereocenters. The second kappa shape index (κ2) is 8.91. The van der Waals surface area contributed by atoms with Gasteiger partial charge in [-0.1, -0.05) is 70.2 Å². The zero-order valence-electron chi connectivity index (χ0n) is 17.5. The summed E-state index contributed by atoms with van der Waals surface area (Å²) in [5.74, 6) is 0. The molecule has 1 aromatic heterocycles. The molecule has 28 heavy (non-hydrogen) atoms. The molecule has 0 aliphatic rings. The molecule has 150 valence electrons. The van der Waals surface area contributed by atoms with Crippen LogP contribution >= 0.6 is 0 Å². The maximum Gasteiger partial charge on any atom is 0.163 e. The van der Waals surface area contributed by atoms with Gasteiger partial charge >= 0.3 is 0 Å². The Morgan fingerprint density at radius 3 is 2.46 bits per heavy atom. The number of hydrogen-bond acceptors (Lipinski definition) is 3. The number of aliphatic hydroxyl groups is 1. The first-order valence-corrected chi connectivity index (χ1v) is 10.2. The number of nitrogens with one attached hydrogen (secondary N) is 2. The average molecular weight is 380 g/mol. The van der Waals surface area contributed by atoms with Crippen LogP contribution in [0.1, 0.15) is 44.4 Å². The summed E-state index contributed by atoms with van der Waals surface area (Å²) in [6.07, 6.45) is 2.31. The maximum atomic E-state index is 10.6. The Kier molecular flexibility index (Phi) is 6.55. The Bertz CT molecular complexity index is 877. The molecule has 2 aromatic carbocycles. The van der Waals surface area contributed by atoms with E-state index in [1.807, 2.05) is 13.0 Å². The number of H-pyrrole nitrogens is 1. The third-order valence-corrected chi connectivity index (χ3v) is 5.28. The van der Waals surface area contributed by atoms with Gasteiger partial charge in [0.15, 0.2) is 6.35 Å². The van der Waals surface area contributed by atoms with Crippen LogP contribution in [-0.2, 0) is 18.4 Å². The number of para-hydroxylation sites is 1. The quantitative estimate of drug-likeness (QED) is 0.509. The van der Waals surface area contributed by atoms with Crippen molar-refractivity contribution in [2.24, 2.45) is 0 Å². The molecule has 1 unspecified atom stereocenters. The zero-order chi connectivity index (χ0) is 20.1. The summed E-state index contributed by atoms with van der Waals surface area (Å²) in [7, 11) is 0. The third kappa shape index (κ3) is 5.02. The summed E-state index contributed by atoms with van der Waals surface area (Å²) in [6, 6.07) is 17.1. The van der Waals surface area contributed by atoms with Gasteiger partial charge in [0.05, 0.1) is 0 Å². The molecule has 0 amide bonds. The van der Waals surface area contributed by atoms with Crippen molar-refractivity contribution in [1.82, 2.24) is 15.2 Å². The standard InChI is InChI=1S/C24H33N3O/c1-5-25-23(28)27(17-18-10-12-20(13-11-18)24(2,3)4)15-14-19-16-26-22-9-7-6-8-21(19)22/h6-13,16,23,25-26,28H,5,14-15,17H2,1-4H3. The molecule has 0 spiro atoms. The summed E-state index contributed by atoms with van der Waals surface area (Å²) >= 11 is 0. The molecule has 3 N–H and O–H groups in total. The first-order valence-electron chi connectivity index (χ1n) is 10.2. The smallest absolute Gasteiger partial charge is 0.163 e. The van der Waals surface area contributed by atoms with Crippen LogP contribution in [-0.4, -0.2) is 34.4 Å². The fourth-order valence-electron chi connectivity index (χ4n) is 3.55. The lowest BCUT2D eigenvalue weighted by Gasteiger charge is -2.28. The lowest BCUT2D eigenvalue weighted by Crippen LogP contribution is -2.46. The van der Waals surface area contributed by atoms with Gasteiger partial charge in [0.25, 0.3) is 0 Å². The molecule has 1 heterocycles. The van der Waals surface area contributed by atoms with Gasteiger partial charge in [-0.15, -0.1) is 0 Å². The van der Waals surface area contributed by atoms with Gasteiger partial charge in [0, 0.05) is 30.2 Å². The highest BCUT2D eigenvalue weighted by Gasteiger charge is 2.17. The van der Waals surface area contributed by atoms with E-state index in [1.165, 1.54) is 22.1 Å². The lowest BCUT2D eigenvalue weighted by molar-refractivity contribution is -0.0257. The van der Waals surface area contributed by atoms with Crippen LogP contribution in [0.15, 0.2) is 54.7 Å². The zero-order valence-corrected chi connectivity index (χ0v) is 17.5. The van der Waals surface area contributed by atoms with Gasteiger partial charge in [-0.25, -0.2) is 0 Å². The monoisotopic (exact) mass is 379 g/mol. The molecule has 3 rings (SSSR count). The molecule has 0 bridgehead atoms. The Balaban J connectivity index is 1.72. The Morgan fingerprint density at radius 1 is 1.07 bits per heavy atom. The minimum atomic E-state index is -0.655.